The molecule has 0 aromatic heterocycles. The third-order valence-electron chi connectivity index (χ3n) is 4.61. The molecular formula is C19H19F2N3O4S. The number of benzene rings is 2. The van der Waals surface area contributed by atoms with E-state index in [1.165, 1.54) is 35.5 Å². The number of nitrogens with zero attached hydrogens (tertiary/aromatic N) is 2. The number of nitrogens with one attached hydrogen (secondary N) is 1. The Kier molecular flexibility index (Phi) is 5.94. The predicted octanol–water partition coefficient (Wildman–Crippen LogP) is 2.07. The topological polar surface area (TPSA) is 86.8 Å². The summed E-state index contributed by atoms with van der Waals surface area (Å²) in [5.41, 5.74) is -0.218. The summed E-state index contributed by atoms with van der Waals surface area (Å²) in [5.74, 6) is -2.29. The molecule has 2 aromatic rings. The van der Waals surface area contributed by atoms with E-state index < -0.39 is 27.6 Å². The highest BCUT2D eigenvalue weighted by atomic mass is 32.2. The van der Waals surface area contributed by atoms with Crippen molar-refractivity contribution in [3.05, 3.63) is 59.7 Å². The number of carbonyl (C=O) groups is 2. The third-order valence-corrected chi connectivity index (χ3v) is 6.53. The standard InChI is InChI=1S/C19H19F2N3O4S/c1-13(25)23-8-10-24(11-9-23)29(27,28)16-5-2-14(3-6-16)19(26)22-18-12-15(20)4-7-17(18)21/h2-7,12H,8-11H2,1H3,(H,22,26). The Hall–Kier alpha value is -2.85. The highest BCUT2D eigenvalue weighted by Gasteiger charge is 2.29. The molecule has 0 radical (unpaired) electrons. The van der Waals surface area contributed by atoms with Crippen molar-refractivity contribution in [1.82, 2.24) is 9.21 Å². The van der Waals surface area contributed by atoms with E-state index in [1.807, 2.05) is 0 Å². The summed E-state index contributed by atoms with van der Waals surface area (Å²) in [5, 5.41) is 2.25. The Labute approximate surface area is 167 Å². The lowest BCUT2D eigenvalue weighted by molar-refractivity contribution is -0.129. The molecule has 1 heterocycles. The van der Waals surface area contributed by atoms with Crippen LogP contribution in [-0.4, -0.2) is 55.6 Å². The zero-order chi connectivity index (χ0) is 21.2. The SMILES string of the molecule is CC(=O)N1CCN(S(=O)(=O)c2ccc(C(=O)Nc3cc(F)ccc3F)cc2)CC1. The fraction of sp³-hybridized carbons (Fsp3) is 0.263. The number of amides is 2. The fourth-order valence-electron chi connectivity index (χ4n) is 2.96. The van der Waals surface area contributed by atoms with Gasteiger partial charge in [-0.1, -0.05) is 0 Å². The molecule has 3 rings (SSSR count). The van der Waals surface area contributed by atoms with Crippen molar-refractivity contribution in [2.75, 3.05) is 31.5 Å². The second kappa shape index (κ2) is 8.26. The van der Waals surface area contributed by atoms with Gasteiger partial charge in [0.1, 0.15) is 11.6 Å². The van der Waals surface area contributed by atoms with Gasteiger partial charge in [0.15, 0.2) is 0 Å². The van der Waals surface area contributed by atoms with E-state index in [9.17, 15) is 26.8 Å². The maximum atomic E-state index is 13.7. The van der Waals surface area contributed by atoms with Gasteiger partial charge in [-0.3, -0.25) is 9.59 Å². The minimum Gasteiger partial charge on any atom is -0.340 e. The molecule has 1 aliphatic rings. The first-order valence-corrected chi connectivity index (χ1v) is 10.2. The number of sulfonamides is 1. The van der Waals surface area contributed by atoms with Crippen LogP contribution in [0.5, 0.6) is 0 Å². The van der Waals surface area contributed by atoms with E-state index in [4.69, 9.17) is 0 Å². The summed E-state index contributed by atoms with van der Waals surface area (Å²) in [7, 11) is -3.77. The molecular weight excluding hydrogens is 404 g/mol. The van der Waals surface area contributed by atoms with E-state index in [2.05, 4.69) is 5.32 Å². The van der Waals surface area contributed by atoms with Gasteiger partial charge in [0.25, 0.3) is 5.91 Å². The van der Waals surface area contributed by atoms with E-state index in [0.29, 0.717) is 13.1 Å². The van der Waals surface area contributed by atoms with Crippen LogP contribution in [0.2, 0.25) is 0 Å². The van der Waals surface area contributed by atoms with Crippen LogP contribution in [0.4, 0.5) is 14.5 Å². The first-order chi connectivity index (χ1) is 13.7. The quantitative estimate of drug-likeness (QED) is 0.816. The molecule has 0 saturated carbocycles. The van der Waals surface area contributed by atoms with Gasteiger partial charge >= 0.3 is 0 Å². The van der Waals surface area contributed by atoms with Crippen molar-refractivity contribution < 1.29 is 26.8 Å². The van der Waals surface area contributed by atoms with Crippen LogP contribution in [-0.2, 0) is 14.8 Å². The van der Waals surface area contributed by atoms with Crippen LogP contribution in [0.15, 0.2) is 47.4 Å². The van der Waals surface area contributed by atoms with Crippen molar-refractivity contribution in [3.8, 4) is 0 Å². The summed E-state index contributed by atoms with van der Waals surface area (Å²) in [6.45, 7) is 2.43. The number of rotatable bonds is 4. The Morgan fingerprint density at radius 1 is 0.966 bits per heavy atom. The van der Waals surface area contributed by atoms with Gasteiger partial charge in [-0.05, 0) is 36.4 Å². The maximum Gasteiger partial charge on any atom is 0.255 e. The molecule has 1 N–H and O–H groups in total. The summed E-state index contributed by atoms with van der Waals surface area (Å²) >= 11 is 0. The first-order valence-electron chi connectivity index (χ1n) is 8.80. The average molecular weight is 423 g/mol. The number of carbonyl (C=O) groups excluding carboxylic acids is 2. The first kappa shape index (κ1) is 20.9. The largest absolute Gasteiger partial charge is 0.340 e. The highest BCUT2D eigenvalue weighted by molar-refractivity contribution is 7.89. The Morgan fingerprint density at radius 2 is 1.59 bits per heavy atom. The third kappa shape index (κ3) is 4.60. The number of anilines is 1. The monoisotopic (exact) mass is 423 g/mol. The molecule has 1 saturated heterocycles. The van der Waals surface area contributed by atoms with Crippen LogP contribution in [0.25, 0.3) is 0 Å². The molecule has 154 valence electrons. The predicted molar refractivity (Wildman–Crippen MR) is 102 cm³/mol. The molecule has 7 nitrogen and oxygen atoms in total. The average Bonchev–Trinajstić information content (AvgIpc) is 2.71. The van der Waals surface area contributed by atoms with Gasteiger partial charge in [-0.25, -0.2) is 17.2 Å². The highest BCUT2D eigenvalue weighted by Crippen LogP contribution is 2.20. The molecule has 2 aromatic carbocycles. The second-order valence-electron chi connectivity index (χ2n) is 6.51. The molecule has 0 bridgehead atoms. The van der Waals surface area contributed by atoms with E-state index in [0.717, 1.165) is 18.2 Å². The summed E-state index contributed by atoms with van der Waals surface area (Å²) in [6, 6.07) is 7.84. The minimum atomic E-state index is -3.77. The molecule has 0 atom stereocenters. The van der Waals surface area contributed by atoms with Gasteiger partial charge in [-0.15, -0.1) is 0 Å². The Morgan fingerprint density at radius 3 is 2.17 bits per heavy atom. The number of piperazine rings is 1. The molecule has 1 fully saturated rings. The Bertz CT molecular complexity index is 1030. The zero-order valence-electron chi connectivity index (χ0n) is 15.6. The smallest absolute Gasteiger partial charge is 0.255 e. The van der Waals surface area contributed by atoms with Gasteiger partial charge in [-0.2, -0.15) is 4.31 Å². The number of halogens is 2. The summed E-state index contributed by atoms with van der Waals surface area (Å²) in [4.78, 5) is 25.2. The lowest BCUT2D eigenvalue weighted by atomic mass is 10.2. The van der Waals surface area contributed by atoms with Crippen LogP contribution in [0.1, 0.15) is 17.3 Å². The summed E-state index contributed by atoms with van der Waals surface area (Å²) in [6.07, 6.45) is 0. The van der Waals surface area contributed by atoms with Crippen LogP contribution < -0.4 is 5.32 Å². The van der Waals surface area contributed by atoms with Crippen molar-refractivity contribution in [2.24, 2.45) is 0 Å². The Balaban J connectivity index is 1.71. The maximum absolute atomic E-state index is 13.7. The van der Waals surface area contributed by atoms with E-state index in [1.54, 1.807) is 4.90 Å². The molecule has 10 heteroatoms. The van der Waals surface area contributed by atoms with Gasteiger partial charge in [0.05, 0.1) is 10.6 Å². The van der Waals surface area contributed by atoms with Gasteiger partial charge in [0, 0.05) is 44.7 Å². The van der Waals surface area contributed by atoms with Crippen molar-refractivity contribution in [1.29, 1.82) is 0 Å². The van der Waals surface area contributed by atoms with Crippen LogP contribution in [0, 0.1) is 11.6 Å². The second-order valence-corrected chi connectivity index (χ2v) is 8.45. The molecule has 2 amide bonds. The lowest BCUT2D eigenvalue weighted by Gasteiger charge is -2.33. The molecule has 0 spiro atoms. The van der Waals surface area contributed by atoms with Gasteiger partial charge in [0.2, 0.25) is 15.9 Å². The lowest BCUT2D eigenvalue weighted by Crippen LogP contribution is -2.49. The molecule has 0 aliphatic carbocycles. The molecule has 0 unspecified atom stereocenters. The molecule has 1 aliphatic heterocycles. The molecule has 29 heavy (non-hydrogen) atoms. The van der Waals surface area contributed by atoms with E-state index in [-0.39, 0.29) is 35.1 Å². The fourth-order valence-corrected chi connectivity index (χ4v) is 4.38. The van der Waals surface area contributed by atoms with Crippen LogP contribution >= 0.6 is 0 Å². The normalized spacial score (nSPS) is 15.2. The van der Waals surface area contributed by atoms with Crippen molar-refractivity contribution in [3.63, 3.8) is 0 Å². The van der Waals surface area contributed by atoms with E-state index >= 15 is 0 Å². The zero-order valence-corrected chi connectivity index (χ0v) is 16.4. The number of hydrogen-bond donors (Lipinski definition) is 1. The van der Waals surface area contributed by atoms with Crippen molar-refractivity contribution in [2.45, 2.75) is 11.8 Å². The van der Waals surface area contributed by atoms with Crippen molar-refractivity contribution >= 4 is 27.5 Å². The summed E-state index contributed by atoms with van der Waals surface area (Å²) < 4.78 is 53.7. The number of hydrogen-bond acceptors (Lipinski definition) is 4. The minimum absolute atomic E-state index is 0.00209. The van der Waals surface area contributed by atoms with Crippen LogP contribution in [0.3, 0.4) is 0 Å². The van der Waals surface area contributed by atoms with Gasteiger partial charge < -0.3 is 10.2 Å².